The third kappa shape index (κ3) is 6.81. The summed E-state index contributed by atoms with van der Waals surface area (Å²) in [6.07, 6.45) is 0.608. The van der Waals surface area contributed by atoms with Crippen molar-refractivity contribution >= 4 is 17.8 Å². The number of aryl methyl sites for hydroxylation is 1. The monoisotopic (exact) mass is 334 g/mol. The number of hydrogen-bond acceptors (Lipinski definition) is 4. The first kappa shape index (κ1) is 19.7. The van der Waals surface area contributed by atoms with Gasteiger partial charge in [0.25, 0.3) is 5.91 Å². The molecule has 6 heteroatoms. The molecule has 1 aromatic carbocycles. The SMILES string of the molecule is COC(=O)[C@@H](CC(C)C)NC(=O)CCNC(=O)c1ccc(C)cc1. The second-order valence-electron chi connectivity index (χ2n) is 6.14. The average molecular weight is 334 g/mol. The lowest BCUT2D eigenvalue weighted by Gasteiger charge is -2.18. The molecular formula is C18H26N2O4. The fourth-order valence-electron chi connectivity index (χ4n) is 2.19. The summed E-state index contributed by atoms with van der Waals surface area (Å²) in [6.45, 7) is 6.07. The Balaban J connectivity index is 2.42. The van der Waals surface area contributed by atoms with Crippen LogP contribution >= 0.6 is 0 Å². The van der Waals surface area contributed by atoms with Crippen LogP contribution in [0.5, 0.6) is 0 Å². The zero-order valence-electron chi connectivity index (χ0n) is 14.7. The molecule has 0 saturated carbocycles. The molecule has 0 saturated heterocycles. The molecule has 0 aliphatic carbocycles. The normalized spacial score (nSPS) is 11.7. The molecule has 0 heterocycles. The van der Waals surface area contributed by atoms with Gasteiger partial charge in [0.2, 0.25) is 5.91 Å². The third-order valence-corrected chi connectivity index (χ3v) is 3.48. The van der Waals surface area contributed by atoms with Crippen molar-refractivity contribution in [1.82, 2.24) is 10.6 Å². The van der Waals surface area contributed by atoms with E-state index in [-0.39, 0.29) is 30.7 Å². The van der Waals surface area contributed by atoms with Crippen LogP contribution in [0.4, 0.5) is 0 Å². The molecule has 1 aromatic rings. The van der Waals surface area contributed by atoms with Gasteiger partial charge in [0.1, 0.15) is 6.04 Å². The molecule has 1 atom stereocenters. The summed E-state index contributed by atoms with van der Waals surface area (Å²) in [4.78, 5) is 35.6. The predicted molar refractivity (Wildman–Crippen MR) is 91.5 cm³/mol. The highest BCUT2D eigenvalue weighted by molar-refractivity contribution is 5.94. The molecule has 1 rings (SSSR count). The van der Waals surface area contributed by atoms with Crippen molar-refractivity contribution in [3.05, 3.63) is 35.4 Å². The Morgan fingerprint density at radius 1 is 1.12 bits per heavy atom. The minimum absolute atomic E-state index is 0.100. The first-order valence-electron chi connectivity index (χ1n) is 8.05. The van der Waals surface area contributed by atoms with E-state index in [4.69, 9.17) is 4.74 Å². The van der Waals surface area contributed by atoms with E-state index in [1.807, 2.05) is 32.9 Å². The van der Waals surface area contributed by atoms with Gasteiger partial charge in [0, 0.05) is 18.5 Å². The molecule has 0 aromatic heterocycles. The van der Waals surface area contributed by atoms with E-state index < -0.39 is 12.0 Å². The molecule has 0 radical (unpaired) electrons. The molecule has 0 aliphatic heterocycles. The van der Waals surface area contributed by atoms with Crippen LogP contribution in [0.3, 0.4) is 0 Å². The van der Waals surface area contributed by atoms with Crippen LogP contribution in [-0.4, -0.2) is 37.5 Å². The summed E-state index contributed by atoms with van der Waals surface area (Å²) in [5, 5.41) is 5.35. The van der Waals surface area contributed by atoms with E-state index in [0.29, 0.717) is 12.0 Å². The number of benzene rings is 1. The van der Waals surface area contributed by atoms with Crippen molar-refractivity contribution in [2.45, 2.75) is 39.7 Å². The van der Waals surface area contributed by atoms with Crippen molar-refractivity contribution < 1.29 is 19.1 Å². The van der Waals surface area contributed by atoms with Crippen LogP contribution in [0.15, 0.2) is 24.3 Å². The van der Waals surface area contributed by atoms with Gasteiger partial charge in [-0.25, -0.2) is 4.79 Å². The van der Waals surface area contributed by atoms with Crippen LogP contribution in [0, 0.1) is 12.8 Å². The minimum atomic E-state index is -0.657. The minimum Gasteiger partial charge on any atom is -0.467 e. The van der Waals surface area contributed by atoms with E-state index >= 15 is 0 Å². The molecule has 0 bridgehead atoms. The topological polar surface area (TPSA) is 84.5 Å². The maximum Gasteiger partial charge on any atom is 0.328 e. The van der Waals surface area contributed by atoms with E-state index in [1.165, 1.54) is 7.11 Å². The van der Waals surface area contributed by atoms with E-state index in [1.54, 1.807) is 12.1 Å². The molecule has 0 unspecified atom stereocenters. The van der Waals surface area contributed by atoms with Gasteiger partial charge in [-0.15, -0.1) is 0 Å². The fourth-order valence-corrected chi connectivity index (χ4v) is 2.19. The number of methoxy groups -OCH3 is 1. The summed E-state index contributed by atoms with van der Waals surface area (Å²) >= 11 is 0. The number of rotatable bonds is 8. The van der Waals surface area contributed by atoms with Gasteiger partial charge >= 0.3 is 5.97 Å². The third-order valence-electron chi connectivity index (χ3n) is 3.48. The second kappa shape index (κ2) is 9.70. The number of nitrogens with one attached hydrogen (secondary N) is 2. The predicted octanol–water partition coefficient (Wildman–Crippen LogP) is 1.82. The van der Waals surface area contributed by atoms with Crippen LogP contribution in [-0.2, 0) is 14.3 Å². The zero-order chi connectivity index (χ0) is 18.1. The summed E-state index contributed by atoms with van der Waals surface area (Å²) < 4.78 is 4.70. The number of carbonyl (C=O) groups excluding carboxylic acids is 3. The quantitative estimate of drug-likeness (QED) is 0.710. The summed E-state index contributed by atoms with van der Waals surface area (Å²) in [5.74, 6) is -0.735. The molecule has 2 N–H and O–H groups in total. The molecule has 132 valence electrons. The van der Waals surface area contributed by atoms with Crippen molar-refractivity contribution in [2.75, 3.05) is 13.7 Å². The number of amides is 2. The Morgan fingerprint density at radius 3 is 2.29 bits per heavy atom. The lowest BCUT2D eigenvalue weighted by Crippen LogP contribution is -2.43. The lowest BCUT2D eigenvalue weighted by atomic mass is 10.0. The highest BCUT2D eigenvalue weighted by Crippen LogP contribution is 2.06. The van der Waals surface area contributed by atoms with Gasteiger partial charge in [0.15, 0.2) is 0 Å². The highest BCUT2D eigenvalue weighted by Gasteiger charge is 2.22. The molecule has 0 aliphatic rings. The Morgan fingerprint density at radius 2 is 1.75 bits per heavy atom. The molecule has 6 nitrogen and oxygen atoms in total. The van der Waals surface area contributed by atoms with Crippen molar-refractivity contribution in [3.63, 3.8) is 0 Å². The van der Waals surface area contributed by atoms with E-state index in [0.717, 1.165) is 5.56 Å². The summed E-state index contributed by atoms with van der Waals surface area (Å²) in [5.41, 5.74) is 1.62. The second-order valence-corrected chi connectivity index (χ2v) is 6.14. The Labute approximate surface area is 143 Å². The molecule has 0 fully saturated rings. The van der Waals surface area contributed by atoms with Gasteiger partial charge in [0.05, 0.1) is 7.11 Å². The number of carbonyl (C=O) groups is 3. The first-order valence-corrected chi connectivity index (χ1v) is 8.05. The number of hydrogen-bond donors (Lipinski definition) is 2. The maximum absolute atomic E-state index is 11.9. The maximum atomic E-state index is 11.9. The van der Waals surface area contributed by atoms with E-state index in [9.17, 15) is 14.4 Å². The molecule has 2 amide bonds. The largest absolute Gasteiger partial charge is 0.467 e. The summed E-state index contributed by atoms with van der Waals surface area (Å²) in [6, 6.07) is 6.53. The fraction of sp³-hybridized carbons (Fsp3) is 0.500. The van der Waals surface area contributed by atoms with Gasteiger partial charge in [-0.1, -0.05) is 31.5 Å². The smallest absolute Gasteiger partial charge is 0.328 e. The van der Waals surface area contributed by atoms with Crippen LogP contribution in [0.1, 0.15) is 42.6 Å². The molecule has 24 heavy (non-hydrogen) atoms. The number of esters is 1. The zero-order valence-corrected chi connectivity index (χ0v) is 14.7. The van der Waals surface area contributed by atoms with Crippen LogP contribution in [0.2, 0.25) is 0 Å². The van der Waals surface area contributed by atoms with Crippen molar-refractivity contribution in [2.24, 2.45) is 5.92 Å². The van der Waals surface area contributed by atoms with Gasteiger partial charge in [-0.2, -0.15) is 0 Å². The number of ether oxygens (including phenoxy) is 1. The van der Waals surface area contributed by atoms with Gasteiger partial charge in [-0.3, -0.25) is 9.59 Å². The first-order chi connectivity index (χ1) is 11.3. The standard InChI is InChI=1S/C18H26N2O4/c1-12(2)11-15(18(23)24-4)20-16(21)9-10-19-17(22)14-7-5-13(3)6-8-14/h5-8,12,15H,9-11H2,1-4H3,(H,19,22)(H,20,21)/t15-/m1/s1. The van der Waals surface area contributed by atoms with Crippen molar-refractivity contribution in [3.8, 4) is 0 Å². The highest BCUT2D eigenvalue weighted by atomic mass is 16.5. The Bertz CT molecular complexity index is 567. The lowest BCUT2D eigenvalue weighted by molar-refractivity contribution is -0.145. The van der Waals surface area contributed by atoms with Crippen LogP contribution < -0.4 is 10.6 Å². The molecule has 0 spiro atoms. The molecular weight excluding hydrogens is 308 g/mol. The van der Waals surface area contributed by atoms with Crippen molar-refractivity contribution in [1.29, 1.82) is 0 Å². The summed E-state index contributed by atoms with van der Waals surface area (Å²) in [7, 11) is 1.30. The van der Waals surface area contributed by atoms with Gasteiger partial charge in [-0.05, 0) is 31.4 Å². The Hall–Kier alpha value is -2.37. The average Bonchev–Trinajstić information content (AvgIpc) is 2.53. The van der Waals surface area contributed by atoms with Gasteiger partial charge < -0.3 is 15.4 Å². The van der Waals surface area contributed by atoms with Crippen LogP contribution in [0.25, 0.3) is 0 Å². The Kier molecular flexibility index (Phi) is 7.95. The van der Waals surface area contributed by atoms with E-state index in [2.05, 4.69) is 10.6 Å².